The molecule has 25 nitrogen and oxygen atoms in total. The van der Waals surface area contributed by atoms with Crippen molar-refractivity contribution in [3.8, 4) is 23.0 Å². The summed E-state index contributed by atoms with van der Waals surface area (Å²) in [5.41, 5.74) is -6.29. The van der Waals surface area contributed by atoms with Gasteiger partial charge >= 0.3 is 64.8 Å². The zero-order chi connectivity index (χ0) is 40.6. The third-order valence-electron chi connectivity index (χ3n) is 7.04. The standard InChI is InChI=1S/C28H17N9O16S2.2Na/c38-21-11-22(39)18(31-33-26-20(37(46)47)7-15(36(44)45)8-23(26)40)10-17(21)30-32-19-9-16(54(48,49)50)5-12-6-24(55(51,52)53)27(28(41)25(12)19)34-29-13-1-3-14(4-2-13)35(42)43;;/h1-11,38-41H,(H,48,49,50)(H,51,52,53);;/q;2*+1/p-2. The van der Waals surface area contributed by atoms with Crippen LogP contribution in [0.2, 0.25) is 0 Å². The number of nitro benzene ring substituents is 3. The van der Waals surface area contributed by atoms with Gasteiger partial charge in [-0.2, -0.15) is 5.11 Å². The number of phenols is 4. The van der Waals surface area contributed by atoms with Crippen LogP contribution in [0.5, 0.6) is 23.0 Å². The van der Waals surface area contributed by atoms with Gasteiger partial charge in [-0.05, 0) is 35.7 Å². The van der Waals surface area contributed by atoms with Gasteiger partial charge in [0.05, 0.1) is 53.5 Å². The fraction of sp³-hybridized carbons (Fsp3) is 0. The first kappa shape index (κ1) is 45.8. The number of phenolic OH excluding ortho intramolecular Hbond substituents is 4. The minimum absolute atomic E-state index is 0. The van der Waals surface area contributed by atoms with Crippen molar-refractivity contribution in [2.75, 3.05) is 0 Å². The molecular weight excluding hydrogens is 828 g/mol. The molecule has 0 unspecified atom stereocenters. The summed E-state index contributed by atoms with van der Waals surface area (Å²) in [6, 6.07) is 8.25. The first-order valence-corrected chi connectivity index (χ1v) is 16.9. The molecule has 282 valence electrons. The van der Waals surface area contributed by atoms with Crippen molar-refractivity contribution in [3.63, 3.8) is 0 Å². The largest absolute Gasteiger partial charge is 1.00 e. The summed E-state index contributed by atoms with van der Waals surface area (Å²) in [6.07, 6.45) is 0. The Kier molecular flexibility index (Phi) is 14.2. The van der Waals surface area contributed by atoms with Gasteiger partial charge < -0.3 is 29.5 Å². The van der Waals surface area contributed by atoms with Crippen molar-refractivity contribution in [1.82, 2.24) is 0 Å². The molecular formula is C28H15N9Na2O16S2. The Morgan fingerprint density at radius 2 is 1.07 bits per heavy atom. The maximum atomic E-state index is 12.2. The minimum Gasteiger partial charge on any atom is -0.744 e. The summed E-state index contributed by atoms with van der Waals surface area (Å²) in [5.74, 6) is -3.93. The first-order valence-electron chi connectivity index (χ1n) is 14.1. The number of nitrogens with zero attached hydrogens (tertiary/aromatic N) is 9. The van der Waals surface area contributed by atoms with E-state index in [1.54, 1.807) is 0 Å². The van der Waals surface area contributed by atoms with E-state index in [0.717, 1.165) is 30.3 Å². The van der Waals surface area contributed by atoms with Gasteiger partial charge in [0.25, 0.3) is 11.4 Å². The first-order chi connectivity index (χ1) is 25.6. The predicted molar refractivity (Wildman–Crippen MR) is 178 cm³/mol. The zero-order valence-corrected chi connectivity index (χ0v) is 34.0. The Morgan fingerprint density at radius 3 is 1.60 bits per heavy atom. The topological polar surface area (TPSA) is 399 Å². The van der Waals surface area contributed by atoms with Gasteiger partial charge in [-0.15, -0.1) is 25.6 Å². The molecule has 0 bridgehead atoms. The van der Waals surface area contributed by atoms with E-state index in [2.05, 4.69) is 30.7 Å². The van der Waals surface area contributed by atoms with Crippen LogP contribution in [-0.2, 0) is 20.2 Å². The summed E-state index contributed by atoms with van der Waals surface area (Å²) in [6.45, 7) is 0. The summed E-state index contributed by atoms with van der Waals surface area (Å²) in [7, 11) is -10.9. The molecule has 29 heteroatoms. The Hall–Kier alpha value is -5.62. The van der Waals surface area contributed by atoms with E-state index in [4.69, 9.17) is 0 Å². The van der Waals surface area contributed by atoms with Crippen LogP contribution in [0, 0.1) is 30.3 Å². The third-order valence-corrected chi connectivity index (χ3v) is 8.71. The summed E-state index contributed by atoms with van der Waals surface area (Å²) in [4.78, 5) is 28.3. The maximum Gasteiger partial charge on any atom is 1.00 e. The monoisotopic (exact) mass is 843 g/mol. The van der Waals surface area contributed by atoms with E-state index in [9.17, 15) is 76.7 Å². The van der Waals surface area contributed by atoms with E-state index in [-0.39, 0.29) is 70.5 Å². The van der Waals surface area contributed by atoms with Crippen LogP contribution in [0.1, 0.15) is 0 Å². The molecule has 0 spiro atoms. The SMILES string of the molecule is O=[N+]([O-])c1ccc(N=Nc2c(S(=O)(=O)[O-])cc3cc(S(=O)(=O)[O-])cc(N=Nc4cc(N=Nc5c(O)cc([N+](=O)[O-])cc5[N+](=O)[O-])c(O)cc4O)c3c2O)cc1.[Na+].[Na+]. The van der Waals surface area contributed by atoms with Crippen molar-refractivity contribution in [2.45, 2.75) is 9.79 Å². The van der Waals surface area contributed by atoms with Gasteiger partial charge in [-0.1, -0.05) is 0 Å². The molecule has 0 heterocycles. The van der Waals surface area contributed by atoms with E-state index in [0.29, 0.717) is 36.4 Å². The van der Waals surface area contributed by atoms with Crippen LogP contribution in [0.3, 0.4) is 0 Å². The number of hydrogen-bond acceptors (Lipinski definition) is 22. The fourth-order valence-corrected chi connectivity index (χ4v) is 5.73. The fourth-order valence-electron chi connectivity index (χ4n) is 4.56. The van der Waals surface area contributed by atoms with Crippen LogP contribution < -0.4 is 59.1 Å². The number of hydrogen-bond donors (Lipinski definition) is 4. The molecule has 0 aliphatic carbocycles. The Balaban J connectivity index is 0.00000435. The summed E-state index contributed by atoms with van der Waals surface area (Å²) in [5, 5.41) is 96.1. The van der Waals surface area contributed by atoms with Crippen LogP contribution in [0.4, 0.5) is 51.2 Å². The van der Waals surface area contributed by atoms with Crippen molar-refractivity contribution in [3.05, 3.63) is 97.1 Å². The minimum atomic E-state index is -5.54. The number of aromatic hydroxyl groups is 4. The number of non-ortho nitro benzene ring substituents is 2. The van der Waals surface area contributed by atoms with Gasteiger partial charge in [0.15, 0.2) is 11.5 Å². The average Bonchev–Trinajstić information content (AvgIpc) is 3.09. The molecule has 0 fully saturated rings. The van der Waals surface area contributed by atoms with Gasteiger partial charge in [-0.25, -0.2) is 16.8 Å². The average molecular weight is 844 g/mol. The van der Waals surface area contributed by atoms with Gasteiger partial charge in [-0.3, -0.25) is 30.3 Å². The Bertz CT molecular complexity index is 2810. The number of fused-ring (bicyclic) bond motifs is 1. The van der Waals surface area contributed by atoms with Crippen LogP contribution in [-0.4, -0.2) is 61.1 Å². The molecule has 5 rings (SSSR count). The van der Waals surface area contributed by atoms with Crippen LogP contribution in [0.25, 0.3) is 10.8 Å². The van der Waals surface area contributed by atoms with E-state index < -0.39 is 118 Å². The molecule has 0 radical (unpaired) electrons. The Morgan fingerprint density at radius 1 is 0.526 bits per heavy atom. The maximum absolute atomic E-state index is 12.2. The smallest absolute Gasteiger partial charge is 0.744 e. The number of rotatable bonds is 11. The second-order valence-corrected chi connectivity index (χ2v) is 13.3. The number of nitro groups is 3. The van der Waals surface area contributed by atoms with Crippen molar-refractivity contribution >= 4 is 82.2 Å². The molecule has 0 saturated carbocycles. The second kappa shape index (κ2) is 17.7. The zero-order valence-electron chi connectivity index (χ0n) is 28.4. The van der Waals surface area contributed by atoms with E-state index in [1.807, 2.05) is 0 Å². The van der Waals surface area contributed by atoms with Crippen molar-refractivity contribution in [2.24, 2.45) is 30.7 Å². The molecule has 0 aliphatic rings. The van der Waals surface area contributed by atoms with E-state index >= 15 is 0 Å². The number of benzene rings is 5. The van der Waals surface area contributed by atoms with Crippen molar-refractivity contribution < 1.29 is 120 Å². The summed E-state index contributed by atoms with van der Waals surface area (Å²) >= 11 is 0. The van der Waals surface area contributed by atoms with Gasteiger partial charge in [0.1, 0.15) is 48.8 Å². The molecule has 0 saturated heterocycles. The third kappa shape index (κ3) is 10.2. The molecule has 4 N–H and O–H groups in total. The van der Waals surface area contributed by atoms with E-state index in [1.165, 1.54) is 0 Å². The number of azo groups is 3. The normalized spacial score (nSPS) is 11.8. The molecule has 0 aromatic heterocycles. The van der Waals surface area contributed by atoms with Gasteiger partial charge in [0.2, 0.25) is 5.69 Å². The Labute approximate surface area is 360 Å². The molecule has 0 atom stereocenters. The molecule has 0 aliphatic heterocycles. The van der Waals surface area contributed by atoms with Crippen LogP contribution >= 0.6 is 0 Å². The molecule has 5 aromatic rings. The quantitative estimate of drug-likeness (QED) is 0.0461. The predicted octanol–water partition coefficient (Wildman–Crippen LogP) is 0.449. The molecule has 0 amide bonds. The second-order valence-electron chi connectivity index (χ2n) is 10.6. The van der Waals surface area contributed by atoms with Crippen molar-refractivity contribution in [1.29, 1.82) is 0 Å². The molecule has 57 heavy (non-hydrogen) atoms. The summed E-state index contributed by atoms with van der Waals surface area (Å²) < 4.78 is 72.6. The van der Waals surface area contributed by atoms with Gasteiger partial charge in [0, 0.05) is 24.3 Å². The molecule has 5 aromatic carbocycles. The van der Waals surface area contributed by atoms with Crippen LogP contribution in [0.15, 0.2) is 107 Å².